The van der Waals surface area contributed by atoms with Gasteiger partial charge in [0.15, 0.2) is 0 Å². The number of halogens is 1. The van der Waals surface area contributed by atoms with E-state index in [9.17, 15) is 14.0 Å². The van der Waals surface area contributed by atoms with Gasteiger partial charge in [0.05, 0.1) is 11.6 Å². The first-order valence-electron chi connectivity index (χ1n) is 8.43. The number of ether oxygens (including phenoxy) is 2. The predicted molar refractivity (Wildman–Crippen MR) is 96.4 cm³/mol. The maximum atomic E-state index is 13.6. The van der Waals surface area contributed by atoms with E-state index in [0.717, 1.165) is 0 Å². The van der Waals surface area contributed by atoms with Crippen molar-refractivity contribution in [3.05, 3.63) is 77.2 Å². The molecule has 0 fully saturated rings. The lowest BCUT2D eigenvalue weighted by Gasteiger charge is -2.28. The van der Waals surface area contributed by atoms with E-state index in [0.29, 0.717) is 17.0 Å². The third-order valence-corrected chi connectivity index (χ3v) is 4.00. The standard InChI is InChI=1S/C20H19FN2O4/c1-13-17(19(24)27-11-10-26-16-8-3-2-4-9-16)18(23-20(25)22-13)14-6-5-7-15(21)12-14/h2-9,12,18H,10-11H2,1H3,(H2,22,23,25). The minimum atomic E-state index is -0.794. The Morgan fingerprint density at radius 3 is 2.63 bits per heavy atom. The van der Waals surface area contributed by atoms with Gasteiger partial charge < -0.3 is 20.1 Å². The van der Waals surface area contributed by atoms with Crippen LogP contribution in [-0.4, -0.2) is 25.2 Å². The zero-order valence-electron chi connectivity index (χ0n) is 14.7. The van der Waals surface area contributed by atoms with Crippen molar-refractivity contribution < 1.29 is 23.5 Å². The number of rotatable bonds is 6. The summed E-state index contributed by atoms with van der Waals surface area (Å²) in [7, 11) is 0. The molecule has 3 rings (SSSR count). The second-order valence-corrected chi connectivity index (χ2v) is 5.92. The summed E-state index contributed by atoms with van der Waals surface area (Å²) in [6.07, 6.45) is 0. The number of nitrogens with one attached hydrogen (secondary N) is 2. The number of carbonyl (C=O) groups excluding carboxylic acids is 2. The van der Waals surface area contributed by atoms with E-state index in [1.807, 2.05) is 18.2 Å². The maximum absolute atomic E-state index is 13.6. The highest BCUT2D eigenvalue weighted by Gasteiger charge is 2.32. The van der Waals surface area contributed by atoms with Crippen LogP contribution in [-0.2, 0) is 9.53 Å². The Kier molecular flexibility index (Phi) is 5.71. The minimum absolute atomic E-state index is 0.0360. The second kappa shape index (κ2) is 8.35. The summed E-state index contributed by atoms with van der Waals surface area (Å²) < 4.78 is 24.3. The molecular weight excluding hydrogens is 351 g/mol. The van der Waals surface area contributed by atoms with Gasteiger partial charge in [-0.15, -0.1) is 0 Å². The first-order chi connectivity index (χ1) is 13.0. The Balaban J connectivity index is 1.68. The third-order valence-electron chi connectivity index (χ3n) is 4.00. The number of esters is 1. The Bertz CT molecular complexity index is 867. The van der Waals surface area contributed by atoms with Gasteiger partial charge in [-0.3, -0.25) is 0 Å². The molecule has 1 atom stereocenters. The van der Waals surface area contributed by atoms with Crippen molar-refractivity contribution in [3.63, 3.8) is 0 Å². The fraction of sp³-hybridized carbons (Fsp3) is 0.200. The Labute approximate surface area is 156 Å². The molecule has 2 aromatic rings. The van der Waals surface area contributed by atoms with Crippen molar-refractivity contribution in [2.24, 2.45) is 0 Å². The predicted octanol–water partition coefficient (Wildman–Crippen LogP) is 3.08. The van der Waals surface area contributed by atoms with Crippen LogP contribution in [0, 0.1) is 5.82 Å². The fourth-order valence-electron chi connectivity index (χ4n) is 2.79. The summed E-state index contributed by atoms with van der Waals surface area (Å²) in [5.74, 6) is -0.388. The Morgan fingerprint density at radius 1 is 1.11 bits per heavy atom. The first kappa shape index (κ1) is 18.4. The van der Waals surface area contributed by atoms with Crippen LogP contribution < -0.4 is 15.4 Å². The minimum Gasteiger partial charge on any atom is -0.490 e. The van der Waals surface area contributed by atoms with Crippen molar-refractivity contribution in [2.45, 2.75) is 13.0 Å². The number of carbonyl (C=O) groups is 2. The summed E-state index contributed by atoms with van der Waals surface area (Å²) in [5.41, 5.74) is 1.04. The van der Waals surface area contributed by atoms with E-state index in [4.69, 9.17) is 9.47 Å². The molecule has 2 N–H and O–H groups in total. The monoisotopic (exact) mass is 370 g/mol. The number of allylic oxidation sites excluding steroid dienone is 1. The number of para-hydroxylation sites is 1. The van der Waals surface area contributed by atoms with Gasteiger partial charge in [0.2, 0.25) is 0 Å². The smallest absolute Gasteiger partial charge is 0.338 e. The van der Waals surface area contributed by atoms with Crippen molar-refractivity contribution in [3.8, 4) is 5.75 Å². The molecule has 0 saturated heterocycles. The van der Waals surface area contributed by atoms with Gasteiger partial charge >= 0.3 is 12.0 Å². The van der Waals surface area contributed by atoms with Crippen molar-refractivity contribution >= 4 is 12.0 Å². The molecule has 0 saturated carbocycles. The summed E-state index contributed by atoms with van der Waals surface area (Å²) >= 11 is 0. The van der Waals surface area contributed by atoms with E-state index >= 15 is 0 Å². The molecule has 27 heavy (non-hydrogen) atoms. The van der Waals surface area contributed by atoms with Gasteiger partial charge in [-0.05, 0) is 36.8 Å². The highest BCUT2D eigenvalue weighted by molar-refractivity contribution is 5.95. The van der Waals surface area contributed by atoms with Crippen LogP contribution in [0.1, 0.15) is 18.5 Å². The molecule has 1 aliphatic rings. The molecule has 6 nitrogen and oxygen atoms in total. The molecule has 2 aromatic carbocycles. The van der Waals surface area contributed by atoms with E-state index in [2.05, 4.69) is 10.6 Å². The third kappa shape index (κ3) is 4.63. The quantitative estimate of drug-likeness (QED) is 0.605. The van der Waals surface area contributed by atoms with Crippen molar-refractivity contribution in [1.82, 2.24) is 10.6 Å². The number of hydrogen-bond donors (Lipinski definition) is 2. The van der Waals surface area contributed by atoms with Crippen molar-refractivity contribution in [2.75, 3.05) is 13.2 Å². The van der Waals surface area contributed by atoms with Gasteiger partial charge in [-0.2, -0.15) is 0 Å². The lowest BCUT2D eigenvalue weighted by molar-refractivity contribution is -0.140. The molecule has 2 amide bonds. The van der Waals surface area contributed by atoms with Crippen LogP contribution in [0.2, 0.25) is 0 Å². The van der Waals surface area contributed by atoms with E-state index in [1.54, 1.807) is 25.1 Å². The van der Waals surface area contributed by atoms with Crippen LogP contribution in [0.4, 0.5) is 9.18 Å². The normalized spacial score (nSPS) is 16.4. The number of benzene rings is 2. The van der Waals surface area contributed by atoms with E-state index in [1.165, 1.54) is 18.2 Å². The zero-order chi connectivity index (χ0) is 19.2. The molecule has 0 radical (unpaired) electrons. The van der Waals surface area contributed by atoms with Crippen molar-refractivity contribution in [1.29, 1.82) is 0 Å². The second-order valence-electron chi connectivity index (χ2n) is 5.92. The van der Waals surface area contributed by atoms with Crippen LogP contribution in [0.3, 0.4) is 0 Å². The van der Waals surface area contributed by atoms with E-state index < -0.39 is 23.9 Å². The average molecular weight is 370 g/mol. The Hall–Kier alpha value is -3.35. The largest absolute Gasteiger partial charge is 0.490 e. The molecule has 140 valence electrons. The highest BCUT2D eigenvalue weighted by Crippen LogP contribution is 2.27. The summed E-state index contributed by atoms with van der Waals surface area (Å²) in [4.78, 5) is 24.4. The van der Waals surface area contributed by atoms with Gasteiger partial charge in [-0.1, -0.05) is 30.3 Å². The molecule has 1 unspecified atom stereocenters. The van der Waals surface area contributed by atoms with Gasteiger partial charge in [0.1, 0.15) is 24.8 Å². The number of urea groups is 1. The molecular formula is C20H19FN2O4. The summed E-state index contributed by atoms with van der Waals surface area (Å²) in [5, 5.41) is 5.18. The molecule has 0 aliphatic carbocycles. The van der Waals surface area contributed by atoms with Crippen LogP contribution in [0.5, 0.6) is 5.75 Å². The van der Waals surface area contributed by atoms with Crippen LogP contribution >= 0.6 is 0 Å². The maximum Gasteiger partial charge on any atom is 0.338 e. The molecule has 7 heteroatoms. The van der Waals surface area contributed by atoms with Gasteiger partial charge in [0.25, 0.3) is 0 Å². The molecule has 0 spiro atoms. The topological polar surface area (TPSA) is 76.7 Å². The fourth-order valence-corrected chi connectivity index (χ4v) is 2.79. The highest BCUT2D eigenvalue weighted by atomic mass is 19.1. The summed E-state index contributed by atoms with van der Waals surface area (Å²) in [6, 6.07) is 13.6. The molecule has 0 bridgehead atoms. The van der Waals surface area contributed by atoms with Gasteiger partial charge in [-0.25, -0.2) is 14.0 Å². The molecule has 1 heterocycles. The number of amides is 2. The first-order valence-corrected chi connectivity index (χ1v) is 8.43. The van der Waals surface area contributed by atoms with Crippen LogP contribution in [0.15, 0.2) is 65.9 Å². The Morgan fingerprint density at radius 2 is 1.89 bits per heavy atom. The lowest BCUT2D eigenvalue weighted by Crippen LogP contribution is -2.45. The lowest BCUT2D eigenvalue weighted by atomic mass is 9.95. The van der Waals surface area contributed by atoms with E-state index in [-0.39, 0.29) is 18.8 Å². The SMILES string of the molecule is CC1=C(C(=O)OCCOc2ccccc2)C(c2cccc(F)c2)NC(=O)N1. The summed E-state index contributed by atoms with van der Waals surface area (Å²) in [6.45, 7) is 1.82. The molecule has 0 aromatic heterocycles. The average Bonchev–Trinajstić information content (AvgIpc) is 2.65. The van der Waals surface area contributed by atoms with Crippen LogP contribution in [0.25, 0.3) is 0 Å². The number of hydrogen-bond acceptors (Lipinski definition) is 4. The zero-order valence-corrected chi connectivity index (χ0v) is 14.7. The van der Waals surface area contributed by atoms with Gasteiger partial charge in [0, 0.05) is 5.70 Å². The molecule has 1 aliphatic heterocycles.